The molecule has 0 saturated carbocycles. The summed E-state index contributed by atoms with van der Waals surface area (Å²) in [5.74, 6) is 0.178. The van der Waals surface area contributed by atoms with Crippen molar-refractivity contribution in [2.24, 2.45) is 0 Å². The molecule has 3 rings (SSSR count). The van der Waals surface area contributed by atoms with Gasteiger partial charge in [0.25, 0.3) is 0 Å². The van der Waals surface area contributed by atoms with E-state index in [0.717, 1.165) is 22.6 Å². The maximum atomic E-state index is 5.86. The average Bonchev–Trinajstić information content (AvgIpc) is 2.85. The number of nitrogens with zero attached hydrogens (tertiary/aromatic N) is 5. The number of fused-ring (bicyclic) bond motifs is 1. The quantitative estimate of drug-likeness (QED) is 0.805. The number of aryl methyl sites for hydroxylation is 1. The summed E-state index contributed by atoms with van der Waals surface area (Å²) in [5, 5.41) is 11.5. The minimum Gasteiger partial charge on any atom is -0.461 e. The molecule has 0 spiro atoms. The fourth-order valence-electron chi connectivity index (χ4n) is 2.04. The lowest BCUT2D eigenvalue weighted by Gasteiger charge is -2.34. The zero-order chi connectivity index (χ0) is 13.5. The normalized spacial score (nSPS) is 16.8. The molecule has 0 aliphatic carbocycles. The van der Waals surface area contributed by atoms with E-state index in [0.29, 0.717) is 13.2 Å². The molecule has 3 heterocycles. The topological polar surface area (TPSA) is 75.0 Å². The van der Waals surface area contributed by atoms with E-state index in [9.17, 15) is 0 Å². The summed E-state index contributed by atoms with van der Waals surface area (Å²) in [4.78, 5) is 5.87. The summed E-state index contributed by atoms with van der Waals surface area (Å²) in [7, 11) is 0. The van der Waals surface area contributed by atoms with Crippen LogP contribution >= 0.6 is 0 Å². The van der Waals surface area contributed by atoms with Crippen LogP contribution in [0.5, 0.6) is 5.75 Å². The Morgan fingerprint density at radius 3 is 3.00 bits per heavy atom. The summed E-state index contributed by atoms with van der Waals surface area (Å²) in [6, 6.07) is 0. The van der Waals surface area contributed by atoms with E-state index >= 15 is 0 Å². The Bertz CT molecular complexity index is 594. The molecular weight excluding hydrogens is 246 g/mol. The van der Waals surface area contributed by atoms with Crippen molar-refractivity contribution >= 4 is 0 Å². The van der Waals surface area contributed by atoms with Crippen LogP contribution in [0.15, 0.2) is 12.5 Å². The maximum Gasteiger partial charge on any atom is 0.205 e. The van der Waals surface area contributed by atoms with Gasteiger partial charge >= 0.3 is 0 Å². The highest BCUT2D eigenvalue weighted by molar-refractivity contribution is 5.42. The molecule has 2 aromatic heterocycles. The lowest BCUT2D eigenvalue weighted by Crippen LogP contribution is -2.36. The summed E-state index contributed by atoms with van der Waals surface area (Å²) in [5.41, 5.74) is 2.85. The first-order chi connectivity index (χ1) is 9.05. The zero-order valence-electron chi connectivity index (χ0n) is 11.1. The van der Waals surface area contributed by atoms with E-state index in [1.807, 2.05) is 27.0 Å². The Hall–Kier alpha value is -2.02. The van der Waals surface area contributed by atoms with E-state index in [-0.39, 0.29) is 0 Å². The number of pyridine rings is 1. The zero-order valence-corrected chi connectivity index (χ0v) is 11.1. The fraction of sp³-hybridized carbons (Fsp3) is 0.500. The second kappa shape index (κ2) is 4.27. The Morgan fingerprint density at radius 2 is 2.26 bits per heavy atom. The van der Waals surface area contributed by atoms with Crippen molar-refractivity contribution in [1.82, 2.24) is 25.2 Å². The molecule has 0 saturated heterocycles. The minimum absolute atomic E-state index is 0.496. The van der Waals surface area contributed by atoms with Crippen LogP contribution in [0.25, 0.3) is 0 Å². The molecule has 1 aliphatic rings. The van der Waals surface area contributed by atoms with E-state index in [4.69, 9.17) is 9.47 Å². The van der Waals surface area contributed by atoms with E-state index in [1.54, 1.807) is 0 Å². The van der Waals surface area contributed by atoms with Crippen molar-refractivity contribution in [3.05, 3.63) is 29.3 Å². The van der Waals surface area contributed by atoms with Crippen molar-refractivity contribution in [2.45, 2.75) is 39.7 Å². The minimum atomic E-state index is -0.621. The molecule has 0 N–H and O–H groups in total. The summed E-state index contributed by atoms with van der Waals surface area (Å²) in [6.45, 7) is 6.71. The van der Waals surface area contributed by atoms with Gasteiger partial charge < -0.3 is 9.47 Å². The number of aromatic nitrogens is 5. The van der Waals surface area contributed by atoms with Gasteiger partial charge in [-0.2, -0.15) is 4.80 Å². The van der Waals surface area contributed by atoms with Crippen LogP contribution in [0.2, 0.25) is 0 Å². The first-order valence-electron chi connectivity index (χ1n) is 6.06. The van der Waals surface area contributed by atoms with Crippen LogP contribution in [0.3, 0.4) is 0 Å². The Kier molecular flexibility index (Phi) is 2.70. The number of hydrogen-bond acceptors (Lipinski definition) is 6. The molecule has 0 amide bonds. The number of hydrogen-bond donors (Lipinski definition) is 0. The molecule has 19 heavy (non-hydrogen) atoms. The summed E-state index contributed by atoms with van der Waals surface area (Å²) < 4.78 is 11.6. The molecule has 0 atom stereocenters. The average molecular weight is 261 g/mol. The number of tetrazole rings is 1. The van der Waals surface area contributed by atoms with Gasteiger partial charge in [0.1, 0.15) is 5.75 Å². The van der Waals surface area contributed by atoms with Gasteiger partial charge in [-0.1, -0.05) is 0 Å². The third kappa shape index (κ3) is 2.28. The van der Waals surface area contributed by atoms with E-state index in [1.165, 1.54) is 11.1 Å². The molecule has 2 aromatic rings. The third-order valence-corrected chi connectivity index (χ3v) is 3.02. The molecule has 0 radical (unpaired) electrons. The van der Waals surface area contributed by atoms with Crippen LogP contribution in [-0.4, -0.2) is 31.0 Å². The highest BCUT2D eigenvalue weighted by Gasteiger charge is 2.30. The van der Waals surface area contributed by atoms with E-state index in [2.05, 4.69) is 20.4 Å². The molecule has 0 unspecified atom stereocenters. The lowest BCUT2D eigenvalue weighted by atomic mass is 10.1. The van der Waals surface area contributed by atoms with Gasteiger partial charge in [-0.25, -0.2) is 0 Å². The monoisotopic (exact) mass is 261 g/mol. The van der Waals surface area contributed by atoms with Crippen molar-refractivity contribution in [3.63, 3.8) is 0 Å². The van der Waals surface area contributed by atoms with Crippen molar-refractivity contribution in [2.75, 3.05) is 0 Å². The van der Waals surface area contributed by atoms with Gasteiger partial charge in [0.2, 0.25) is 5.79 Å². The standard InChI is InChI=1S/C12H15N5O2/c1-8-11-10(6-18-12(2,3)19-11)9(4-13-8)5-17-15-7-14-16-17/h4,7H,5-6H2,1-3H3. The largest absolute Gasteiger partial charge is 0.461 e. The van der Waals surface area contributed by atoms with Crippen LogP contribution in [0.4, 0.5) is 0 Å². The Balaban J connectivity index is 1.99. The highest BCUT2D eigenvalue weighted by Crippen LogP contribution is 2.35. The van der Waals surface area contributed by atoms with Gasteiger partial charge in [-0.3, -0.25) is 4.98 Å². The maximum absolute atomic E-state index is 5.86. The van der Waals surface area contributed by atoms with Crippen LogP contribution in [0.1, 0.15) is 30.7 Å². The molecule has 1 aliphatic heterocycles. The fourth-order valence-corrected chi connectivity index (χ4v) is 2.04. The molecule has 0 aromatic carbocycles. The number of ether oxygens (including phenoxy) is 2. The van der Waals surface area contributed by atoms with Crippen LogP contribution < -0.4 is 4.74 Å². The first-order valence-corrected chi connectivity index (χ1v) is 6.06. The molecule has 7 nitrogen and oxygen atoms in total. The smallest absolute Gasteiger partial charge is 0.205 e. The molecule has 0 bridgehead atoms. The highest BCUT2D eigenvalue weighted by atomic mass is 16.7. The molecule has 7 heteroatoms. The Labute approximate surface area is 110 Å². The first kappa shape index (κ1) is 12.0. The summed E-state index contributed by atoms with van der Waals surface area (Å²) in [6.07, 6.45) is 3.22. The second-order valence-electron chi connectivity index (χ2n) is 4.93. The van der Waals surface area contributed by atoms with Gasteiger partial charge in [0.05, 0.1) is 18.8 Å². The third-order valence-electron chi connectivity index (χ3n) is 3.02. The SMILES string of the molecule is Cc1ncc(Cn2ncnn2)c2c1OC(C)(C)OC2. The van der Waals surface area contributed by atoms with Gasteiger partial charge in [0, 0.05) is 31.2 Å². The second-order valence-corrected chi connectivity index (χ2v) is 4.93. The summed E-state index contributed by atoms with van der Waals surface area (Å²) >= 11 is 0. The van der Waals surface area contributed by atoms with Crippen molar-refractivity contribution < 1.29 is 9.47 Å². The Morgan fingerprint density at radius 1 is 1.42 bits per heavy atom. The van der Waals surface area contributed by atoms with Crippen molar-refractivity contribution in [3.8, 4) is 5.75 Å². The molecule has 100 valence electrons. The van der Waals surface area contributed by atoms with Gasteiger partial charge in [-0.05, 0) is 12.1 Å². The van der Waals surface area contributed by atoms with Crippen LogP contribution in [-0.2, 0) is 17.9 Å². The molecule has 0 fully saturated rings. The number of rotatable bonds is 2. The van der Waals surface area contributed by atoms with Crippen LogP contribution in [0, 0.1) is 6.92 Å². The lowest BCUT2D eigenvalue weighted by molar-refractivity contribution is -0.180. The van der Waals surface area contributed by atoms with Gasteiger partial charge in [0.15, 0.2) is 6.33 Å². The predicted octanol–water partition coefficient (Wildman–Crippen LogP) is 1.07. The molecular formula is C12H15N5O2. The predicted molar refractivity (Wildman–Crippen MR) is 65.4 cm³/mol. The van der Waals surface area contributed by atoms with E-state index < -0.39 is 5.79 Å². The van der Waals surface area contributed by atoms with Crippen molar-refractivity contribution in [1.29, 1.82) is 0 Å². The van der Waals surface area contributed by atoms with Gasteiger partial charge in [-0.15, -0.1) is 10.2 Å².